The molecule has 0 bridgehead atoms. The minimum Gasteiger partial charge on any atom is -0.337 e. The minimum atomic E-state index is -0.153. The van der Waals surface area contributed by atoms with Crippen molar-refractivity contribution >= 4 is 23.2 Å². The van der Waals surface area contributed by atoms with E-state index in [0.29, 0.717) is 13.1 Å². The molecule has 0 saturated carbocycles. The molecular formula is C21H23N5OS. The fraction of sp³-hybridized carbons (Fsp3) is 0.286. The molecule has 0 aliphatic carbocycles. The molecule has 1 aliphatic rings. The SMILES string of the molecule is O=C1N/C(=N/CCc2cccs2)C(c2ccccc2)N1CCCn1ccnc1. The lowest BCUT2D eigenvalue weighted by atomic mass is 10.1. The van der Waals surface area contributed by atoms with Crippen LogP contribution in [0.3, 0.4) is 0 Å². The first kappa shape index (κ1) is 18.4. The number of aliphatic imine (C=N–C) groups is 1. The highest BCUT2D eigenvalue weighted by Crippen LogP contribution is 2.27. The number of amides is 2. The predicted molar refractivity (Wildman–Crippen MR) is 112 cm³/mol. The average Bonchev–Trinajstić information content (AvgIpc) is 3.46. The van der Waals surface area contributed by atoms with E-state index in [0.717, 1.165) is 30.8 Å². The lowest BCUT2D eigenvalue weighted by Gasteiger charge is -2.23. The number of urea groups is 1. The second-order valence-corrected chi connectivity index (χ2v) is 7.72. The van der Waals surface area contributed by atoms with E-state index in [9.17, 15) is 4.79 Å². The number of hydrogen-bond donors (Lipinski definition) is 1. The van der Waals surface area contributed by atoms with Crippen molar-refractivity contribution in [3.8, 4) is 0 Å². The van der Waals surface area contributed by atoms with E-state index in [2.05, 4.69) is 39.9 Å². The summed E-state index contributed by atoms with van der Waals surface area (Å²) in [6.45, 7) is 2.16. The Morgan fingerprint density at radius 2 is 2.04 bits per heavy atom. The summed E-state index contributed by atoms with van der Waals surface area (Å²) in [5.41, 5.74) is 1.08. The number of carbonyl (C=O) groups is 1. The predicted octanol–water partition coefficient (Wildman–Crippen LogP) is 3.74. The third-order valence-corrected chi connectivity index (χ3v) is 5.71. The number of hydrogen-bond acceptors (Lipinski definition) is 4. The molecule has 1 N–H and O–H groups in total. The van der Waals surface area contributed by atoms with Crippen molar-refractivity contribution in [1.82, 2.24) is 19.8 Å². The number of amidine groups is 1. The first-order valence-electron chi connectivity index (χ1n) is 9.46. The van der Waals surface area contributed by atoms with E-state index in [-0.39, 0.29) is 12.1 Å². The van der Waals surface area contributed by atoms with Crippen molar-refractivity contribution < 1.29 is 4.79 Å². The molecule has 144 valence electrons. The number of nitrogens with one attached hydrogen (secondary N) is 1. The van der Waals surface area contributed by atoms with Gasteiger partial charge < -0.3 is 9.47 Å². The topological polar surface area (TPSA) is 62.5 Å². The van der Waals surface area contributed by atoms with Crippen LogP contribution in [-0.4, -0.2) is 39.4 Å². The van der Waals surface area contributed by atoms with Gasteiger partial charge in [0.1, 0.15) is 11.9 Å². The summed E-state index contributed by atoms with van der Waals surface area (Å²) in [5.74, 6) is 0.746. The standard InChI is InChI=1S/C21H23N5OS/c27-21-24-20(23-10-9-18-8-4-15-28-18)19(17-6-2-1-3-7-17)26(21)13-5-12-25-14-11-22-16-25/h1-4,6-8,11,14-16,19H,5,9-10,12-13H2,(H,23,24,27). The molecule has 0 radical (unpaired) electrons. The molecule has 1 aliphatic heterocycles. The van der Waals surface area contributed by atoms with Crippen LogP contribution in [0.5, 0.6) is 0 Å². The number of benzene rings is 1. The number of imidazole rings is 1. The van der Waals surface area contributed by atoms with Gasteiger partial charge in [0.15, 0.2) is 0 Å². The Bertz CT molecular complexity index is 906. The van der Waals surface area contributed by atoms with Crippen LogP contribution in [0.4, 0.5) is 4.79 Å². The fourth-order valence-electron chi connectivity index (χ4n) is 3.43. The molecule has 1 aromatic carbocycles. The van der Waals surface area contributed by atoms with E-state index in [1.807, 2.05) is 33.9 Å². The molecule has 2 amide bonds. The van der Waals surface area contributed by atoms with Gasteiger partial charge in [-0.1, -0.05) is 36.4 Å². The first-order valence-corrected chi connectivity index (χ1v) is 10.3. The van der Waals surface area contributed by atoms with Crippen molar-refractivity contribution in [2.24, 2.45) is 4.99 Å². The smallest absolute Gasteiger partial charge is 0.323 e. The van der Waals surface area contributed by atoms with Crippen molar-refractivity contribution in [2.75, 3.05) is 13.1 Å². The zero-order valence-corrected chi connectivity index (χ0v) is 16.4. The maximum Gasteiger partial charge on any atom is 0.323 e. The summed E-state index contributed by atoms with van der Waals surface area (Å²) in [4.78, 5) is 24.7. The number of rotatable bonds is 8. The molecule has 1 atom stereocenters. The Hall–Kier alpha value is -2.93. The molecule has 28 heavy (non-hydrogen) atoms. The Labute approximate surface area is 168 Å². The van der Waals surface area contributed by atoms with Crippen LogP contribution in [0.2, 0.25) is 0 Å². The van der Waals surface area contributed by atoms with E-state index in [1.54, 1.807) is 23.9 Å². The van der Waals surface area contributed by atoms with Gasteiger partial charge in [-0.05, 0) is 23.4 Å². The van der Waals surface area contributed by atoms with Gasteiger partial charge in [-0.25, -0.2) is 9.78 Å². The number of thiophene rings is 1. The molecule has 3 heterocycles. The van der Waals surface area contributed by atoms with Crippen LogP contribution in [0.1, 0.15) is 22.9 Å². The highest BCUT2D eigenvalue weighted by atomic mass is 32.1. The Kier molecular flexibility index (Phi) is 5.82. The minimum absolute atomic E-state index is 0.0747. The first-order chi connectivity index (χ1) is 13.8. The average molecular weight is 394 g/mol. The van der Waals surface area contributed by atoms with Gasteiger partial charge in [0, 0.05) is 43.3 Å². The maximum atomic E-state index is 12.7. The van der Waals surface area contributed by atoms with E-state index in [4.69, 9.17) is 4.99 Å². The van der Waals surface area contributed by atoms with Crippen LogP contribution in [0, 0.1) is 0 Å². The second-order valence-electron chi connectivity index (χ2n) is 6.69. The number of nitrogens with zero attached hydrogens (tertiary/aromatic N) is 4. The third kappa shape index (κ3) is 4.31. The molecule has 0 spiro atoms. The van der Waals surface area contributed by atoms with E-state index < -0.39 is 0 Å². The molecule has 4 rings (SSSR count). The summed E-state index contributed by atoms with van der Waals surface area (Å²) < 4.78 is 2.03. The lowest BCUT2D eigenvalue weighted by molar-refractivity contribution is 0.204. The molecule has 6 nitrogen and oxygen atoms in total. The summed E-state index contributed by atoms with van der Waals surface area (Å²) >= 11 is 1.74. The highest BCUT2D eigenvalue weighted by molar-refractivity contribution is 7.09. The Morgan fingerprint density at radius 3 is 2.79 bits per heavy atom. The van der Waals surface area contributed by atoms with Gasteiger partial charge >= 0.3 is 6.03 Å². The zero-order valence-electron chi connectivity index (χ0n) is 15.6. The van der Waals surface area contributed by atoms with Crippen molar-refractivity contribution in [1.29, 1.82) is 0 Å². The maximum absolute atomic E-state index is 12.7. The van der Waals surface area contributed by atoms with Crippen LogP contribution < -0.4 is 5.32 Å². The summed E-state index contributed by atoms with van der Waals surface area (Å²) in [7, 11) is 0. The van der Waals surface area contributed by atoms with E-state index >= 15 is 0 Å². The van der Waals surface area contributed by atoms with Gasteiger partial charge in [0.2, 0.25) is 0 Å². The normalized spacial score (nSPS) is 18.0. The Morgan fingerprint density at radius 1 is 1.14 bits per heavy atom. The highest BCUT2D eigenvalue weighted by Gasteiger charge is 2.37. The van der Waals surface area contributed by atoms with Crippen LogP contribution in [0.25, 0.3) is 0 Å². The fourth-order valence-corrected chi connectivity index (χ4v) is 4.13. The van der Waals surface area contributed by atoms with Gasteiger partial charge in [-0.2, -0.15) is 0 Å². The number of carbonyl (C=O) groups excluding carboxylic acids is 1. The third-order valence-electron chi connectivity index (χ3n) is 4.78. The molecular weight excluding hydrogens is 370 g/mol. The van der Waals surface area contributed by atoms with Crippen LogP contribution >= 0.6 is 11.3 Å². The van der Waals surface area contributed by atoms with Crippen molar-refractivity contribution in [3.05, 3.63) is 77.0 Å². The Balaban J connectivity index is 1.48. The van der Waals surface area contributed by atoms with E-state index in [1.165, 1.54) is 4.88 Å². The monoisotopic (exact) mass is 393 g/mol. The van der Waals surface area contributed by atoms with Crippen LogP contribution in [0.15, 0.2) is 71.6 Å². The molecule has 1 fully saturated rings. The number of aryl methyl sites for hydroxylation is 1. The largest absolute Gasteiger partial charge is 0.337 e. The molecule has 2 aromatic heterocycles. The zero-order chi connectivity index (χ0) is 19.2. The lowest BCUT2D eigenvalue weighted by Crippen LogP contribution is -2.31. The van der Waals surface area contributed by atoms with Gasteiger partial charge in [-0.3, -0.25) is 10.3 Å². The van der Waals surface area contributed by atoms with Crippen molar-refractivity contribution in [2.45, 2.75) is 25.4 Å². The van der Waals surface area contributed by atoms with Gasteiger partial charge in [-0.15, -0.1) is 11.3 Å². The summed E-state index contributed by atoms with van der Waals surface area (Å²) in [6.07, 6.45) is 7.26. The number of aromatic nitrogens is 2. The molecule has 7 heteroatoms. The van der Waals surface area contributed by atoms with Gasteiger partial charge in [0.25, 0.3) is 0 Å². The van der Waals surface area contributed by atoms with Crippen LogP contribution in [-0.2, 0) is 13.0 Å². The van der Waals surface area contributed by atoms with Gasteiger partial charge in [0.05, 0.1) is 6.33 Å². The molecule has 3 aromatic rings. The quantitative estimate of drug-likeness (QED) is 0.634. The summed E-state index contributed by atoms with van der Waals surface area (Å²) in [6, 6.07) is 14.1. The summed E-state index contributed by atoms with van der Waals surface area (Å²) in [5, 5.41) is 5.08. The second kappa shape index (κ2) is 8.84. The molecule has 1 saturated heterocycles. The van der Waals surface area contributed by atoms with Crippen molar-refractivity contribution in [3.63, 3.8) is 0 Å². The molecule has 1 unspecified atom stereocenters.